The van der Waals surface area contributed by atoms with Crippen molar-refractivity contribution >= 4 is 11.9 Å². The van der Waals surface area contributed by atoms with E-state index in [1.54, 1.807) is 14.2 Å². The zero-order valence-electron chi connectivity index (χ0n) is 15.5. The maximum absolute atomic E-state index is 12.0. The van der Waals surface area contributed by atoms with E-state index < -0.39 is 0 Å². The molecule has 0 fully saturated rings. The molecule has 1 aromatic heterocycles. The van der Waals surface area contributed by atoms with Gasteiger partial charge in [-0.1, -0.05) is 25.8 Å². The first-order valence-electron chi connectivity index (χ1n) is 8.73. The average Bonchev–Trinajstić information content (AvgIpc) is 2.69. The van der Waals surface area contributed by atoms with Gasteiger partial charge in [0.2, 0.25) is 5.95 Å². The van der Waals surface area contributed by atoms with E-state index in [4.69, 9.17) is 9.47 Å². The van der Waals surface area contributed by atoms with Gasteiger partial charge in [0.15, 0.2) is 11.5 Å². The molecule has 2 rings (SSSR count). The smallest absolute Gasteiger partial charge is 0.254 e. The lowest BCUT2D eigenvalue weighted by Crippen LogP contribution is -2.24. The SMILES string of the molecule is CCCCCNC(=O)c1cnc(NCc2ccc(OC)c(OC)c2)nc1. The molecule has 1 aromatic carbocycles. The summed E-state index contributed by atoms with van der Waals surface area (Å²) in [6.45, 7) is 3.33. The molecule has 1 heterocycles. The second-order valence-electron chi connectivity index (χ2n) is 5.80. The van der Waals surface area contributed by atoms with Crippen LogP contribution in [0.25, 0.3) is 0 Å². The molecule has 0 saturated carbocycles. The van der Waals surface area contributed by atoms with Gasteiger partial charge in [0.1, 0.15) is 0 Å². The number of benzene rings is 1. The number of nitrogens with one attached hydrogen (secondary N) is 2. The predicted molar refractivity (Wildman–Crippen MR) is 101 cm³/mol. The minimum Gasteiger partial charge on any atom is -0.493 e. The van der Waals surface area contributed by atoms with Crippen LogP contribution in [0, 0.1) is 0 Å². The molecule has 2 N–H and O–H groups in total. The number of carbonyl (C=O) groups excluding carboxylic acids is 1. The van der Waals surface area contributed by atoms with Crippen molar-refractivity contribution in [2.75, 3.05) is 26.1 Å². The Kier molecular flexibility index (Phi) is 7.67. The zero-order valence-corrected chi connectivity index (χ0v) is 15.5. The number of carbonyl (C=O) groups is 1. The predicted octanol–water partition coefficient (Wildman–Crippen LogP) is 3.03. The number of aromatic nitrogens is 2. The Labute approximate surface area is 154 Å². The number of rotatable bonds is 10. The number of methoxy groups -OCH3 is 2. The van der Waals surface area contributed by atoms with Crippen molar-refractivity contribution < 1.29 is 14.3 Å². The van der Waals surface area contributed by atoms with Crippen molar-refractivity contribution in [3.63, 3.8) is 0 Å². The Bertz CT molecular complexity index is 704. The monoisotopic (exact) mass is 358 g/mol. The lowest BCUT2D eigenvalue weighted by Gasteiger charge is -2.10. The fraction of sp³-hybridized carbons (Fsp3) is 0.421. The summed E-state index contributed by atoms with van der Waals surface area (Å²) in [6, 6.07) is 5.68. The molecule has 140 valence electrons. The maximum atomic E-state index is 12.0. The number of anilines is 1. The first kappa shape index (κ1) is 19.5. The normalized spacial score (nSPS) is 10.3. The summed E-state index contributed by atoms with van der Waals surface area (Å²) in [7, 11) is 3.20. The highest BCUT2D eigenvalue weighted by molar-refractivity contribution is 5.93. The molecule has 0 bridgehead atoms. The van der Waals surface area contributed by atoms with Crippen molar-refractivity contribution in [2.45, 2.75) is 32.7 Å². The number of unbranched alkanes of at least 4 members (excludes halogenated alkanes) is 2. The molecular weight excluding hydrogens is 332 g/mol. The molecule has 0 radical (unpaired) electrons. The molecular formula is C19H26N4O3. The van der Waals surface area contributed by atoms with Gasteiger partial charge in [-0.3, -0.25) is 4.79 Å². The van der Waals surface area contributed by atoms with Crippen LogP contribution in [-0.2, 0) is 6.54 Å². The third-order valence-corrected chi connectivity index (χ3v) is 3.88. The quantitative estimate of drug-likeness (QED) is 0.635. The summed E-state index contributed by atoms with van der Waals surface area (Å²) in [5, 5.41) is 5.99. The molecule has 0 spiro atoms. The van der Waals surface area contributed by atoms with Gasteiger partial charge in [0, 0.05) is 25.5 Å². The summed E-state index contributed by atoms with van der Waals surface area (Å²) < 4.78 is 10.5. The lowest BCUT2D eigenvalue weighted by atomic mass is 10.2. The first-order valence-corrected chi connectivity index (χ1v) is 8.73. The highest BCUT2D eigenvalue weighted by Gasteiger charge is 2.07. The van der Waals surface area contributed by atoms with Gasteiger partial charge in [-0.2, -0.15) is 0 Å². The summed E-state index contributed by atoms with van der Waals surface area (Å²) in [5.74, 6) is 1.67. The minimum atomic E-state index is -0.146. The summed E-state index contributed by atoms with van der Waals surface area (Å²) in [5.41, 5.74) is 1.46. The Morgan fingerprint density at radius 1 is 1.08 bits per heavy atom. The molecule has 2 aromatic rings. The third-order valence-electron chi connectivity index (χ3n) is 3.88. The van der Waals surface area contributed by atoms with Crippen LogP contribution in [0.5, 0.6) is 11.5 Å². The Balaban J connectivity index is 1.88. The van der Waals surface area contributed by atoms with Crippen molar-refractivity contribution in [3.8, 4) is 11.5 Å². The van der Waals surface area contributed by atoms with E-state index in [-0.39, 0.29) is 5.91 Å². The second kappa shape index (κ2) is 10.2. The molecule has 7 heteroatoms. The number of hydrogen-bond donors (Lipinski definition) is 2. The molecule has 0 aliphatic rings. The third kappa shape index (κ3) is 5.61. The summed E-state index contributed by atoms with van der Waals surface area (Å²) in [6.07, 6.45) is 6.27. The highest BCUT2D eigenvalue weighted by atomic mass is 16.5. The molecule has 0 aliphatic heterocycles. The van der Waals surface area contributed by atoms with Crippen LogP contribution in [0.4, 0.5) is 5.95 Å². The van der Waals surface area contributed by atoms with Gasteiger partial charge in [-0.05, 0) is 24.1 Å². The van der Waals surface area contributed by atoms with Crippen molar-refractivity contribution in [1.29, 1.82) is 0 Å². The van der Waals surface area contributed by atoms with Crippen LogP contribution in [0.1, 0.15) is 42.1 Å². The minimum absolute atomic E-state index is 0.146. The first-order chi connectivity index (χ1) is 12.7. The maximum Gasteiger partial charge on any atom is 0.254 e. The Hall–Kier alpha value is -2.83. The van der Waals surface area contributed by atoms with E-state index in [1.165, 1.54) is 12.4 Å². The molecule has 0 aliphatic carbocycles. The number of amides is 1. The Morgan fingerprint density at radius 3 is 2.46 bits per heavy atom. The fourth-order valence-electron chi connectivity index (χ4n) is 2.39. The van der Waals surface area contributed by atoms with Gasteiger partial charge in [0.25, 0.3) is 5.91 Å². The number of nitrogens with zero attached hydrogens (tertiary/aromatic N) is 2. The van der Waals surface area contributed by atoms with Crippen molar-refractivity contribution in [2.24, 2.45) is 0 Å². The largest absolute Gasteiger partial charge is 0.493 e. The molecule has 0 atom stereocenters. The fourth-order valence-corrected chi connectivity index (χ4v) is 2.39. The molecule has 1 amide bonds. The topological polar surface area (TPSA) is 85.4 Å². The molecule has 0 saturated heterocycles. The summed E-state index contributed by atoms with van der Waals surface area (Å²) >= 11 is 0. The molecule has 7 nitrogen and oxygen atoms in total. The van der Waals surface area contributed by atoms with Gasteiger partial charge in [-0.25, -0.2) is 9.97 Å². The van der Waals surface area contributed by atoms with Crippen LogP contribution in [0.15, 0.2) is 30.6 Å². The van der Waals surface area contributed by atoms with Crippen LogP contribution in [-0.4, -0.2) is 36.6 Å². The van der Waals surface area contributed by atoms with E-state index in [9.17, 15) is 4.79 Å². The van der Waals surface area contributed by atoms with E-state index in [0.717, 1.165) is 24.8 Å². The zero-order chi connectivity index (χ0) is 18.8. The highest BCUT2D eigenvalue weighted by Crippen LogP contribution is 2.27. The standard InChI is InChI=1S/C19H26N4O3/c1-4-5-6-9-20-18(24)15-12-22-19(23-13-15)21-11-14-7-8-16(25-2)17(10-14)26-3/h7-8,10,12-13H,4-6,9,11H2,1-3H3,(H,20,24)(H,21,22,23). The van der Waals surface area contributed by atoms with Crippen LogP contribution in [0.3, 0.4) is 0 Å². The van der Waals surface area contributed by atoms with E-state index in [2.05, 4.69) is 27.5 Å². The van der Waals surface area contributed by atoms with E-state index in [0.29, 0.717) is 36.1 Å². The van der Waals surface area contributed by atoms with E-state index >= 15 is 0 Å². The van der Waals surface area contributed by atoms with Crippen LogP contribution >= 0.6 is 0 Å². The second-order valence-corrected chi connectivity index (χ2v) is 5.80. The van der Waals surface area contributed by atoms with Crippen LogP contribution in [0.2, 0.25) is 0 Å². The van der Waals surface area contributed by atoms with Gasteiger partial charge < -0.3 is 20.1 Å². The van der Waals surface area contributed by atoms with Crippen molar-refractivity contribution in [1.82, 2.24) is 15.3 Å². The summed E-state index contributed by atoms with van der Waals surface area (Å²) in [4.78, 5) is 20.4. The van der Waals surface area contributed by atoms with Gasteiger partial charge in [-0.15, -0.1) is 0 Å². The number of ether oxygens (including phenoxy) is 2. The van der Waals surface area contributed by atoms with Gasteiger partial charge in [0.05, 0.1) is 19.8 Å². The molecule has 26 heavy (non-hydrogen) atoms. The van der Waals surface area contributed by atoms with Crippen LogP contribution < -0.4 is 20.1 Å². The average molecular weight is 358 g/mol. The van der Waals surface area contributed by atoms with Gasteiger partial charge >= 0.3 is 0 Å². The van der Waals surface area contributed by atoms with Crippen molar-refractivity contribution in [3.05, 3.63) is 41.7 Å². The number of hydrogen-bond acceptors (Lipinski definition) is 6. The molecule has 0 unspecified atom stereocenters. The lowest BCUT2D eigenvalue weighted by molar-refractivity contribution is 0.0952. The van der Waals surface area contributed by atoms with E-state index in [1.807, 2.05) is 18.2 Å². The Morgan fingerprint density at radius 2 is 1.81 bits per heavy atom.